The lowest BCUT2D eigenvalue weighted by atomic mass is 10.1. The van der Waals surface area contributed by atoms with E-state index in [2.05, 4.69) is 9.97 Å². The highest BCUT2D eigenvalue weighted by Crippen LogP contribution is 2.31. The van der Waals surface area contributed by atoms with Crippen LogP contribution in [0.1, 0.15) is 21.7 Å². The summed E-state index contributed by atoms with van der Waals surface area (Å²) in [6.07, 6.45) is 3.06. The molecule has 0 amide bonds. The summed E-state index contributed by atoms with van der Waals surface area (Å²) in [6.45, 7) is 2.85. The fourth-order valence-electron chi connectivity index (χ4n) is 1.84. The number of benzene rings is 1. The molecule has 0 saturated carbocycles. The topological polar surface area (TPSA) is 61.3 Å². The summed E-state index contributed by atoms with van der Waals surface area (Å²) in [4.78, 5) is 20.4. The third kappa shape index (κ3) is 2.27. The number of nitrogens with zero attached hydrogens (tertiary/aromatic N) is 2. The molecule has 2 aromatic rings. The van der Waals surface area contributed by atoms with E-state index in [0.717, 1.165) is 5.69 Å². The zero-order valence-electron chi connectivity index (χ0n) is 10.4. The zero-order valence-corrected chi connectivity index (χ0v) is 10.4. The molecule has 1 aromatic carbocycles. The van der Waals surface area contributed by atoms with Crippen LogP contribution in [-0.2, 0) is 0 Å². The molecular formula is C14H12N2O3. The molecule has 5 heteroatoms. The quantitative estimate of drug-likeness (QED) is 0.766. The average molecular weight is 256 g/mol. The van der Waals surface area contributed by atoms with Gasteiger partial charge >= 0.3 is 0 Å². The van der Waals surface area contributed by atoms with Crippen molar-refractivity contribution in [3.05, 3.63) is 47.5 Å². The molecule has 0 fully saturated rings. The van der Waals surface area contributed by atoms with E-state index in [-0.39, 0.29) is 5.78 Å². The first-order valence-corrected chi connectivity index (χ1v) is 5.97. The molecule has 0 spiro atoms. The number of carbonyl (C=O) groups is 1. The molecule has 96 valence electrons. The lowest BCUT2D eigenvalue weighted by Gasteiger charge is -2.18. The van der Waals surface area contributed by atoms with Crippen molar-refractivity contribution >= 4 is 5.78 Å². The molecule has 0 aliphatic carbocycles. The van der Waals surface area contributed by atoms with Gasteiger partial charge in [-0.2, -0.15) is 0 Å². The van der Waals surface area contributed by atoms with E-state index in [0.29, 0.717) is 36.0 Å². The minimum absolute atomic E-state index is 0.176. The highest BCUT2D eigenvalue weighted by Gasteiger charge is 2.16. The van der Waals surface area contributed by atoms with E-state index in [1.165, 1.54) is 6.20 Å². The first-order valence-electron chi connectivity index (χ1n) is 5.97. The molecule has 5 nitrogen and oxygen atoms in total. The smallest absolute Gasteiger partial charge is 0.213 e. The molecule has 1 aliphatic rings. The van der Waals surface area contributed by atoms with Crippen LogP contribution < -0.4 is 9.47 Å². The minimum atomic E-state index is -0.176. The van der Waals surface area contributed by atoms with Crippen LogP contribution in [0.15, 0.2) is 30.6 Å². The summed E-state index contributed by atoms with van der Waals surface area (Å²) < 4.78 is 10.9. The second-order valence-electron chi connectivity index (χ2n) is 4.23. The van der Waals surface area contributed by atoms with Gasteiger partial charge in [-0.05, 0) is 25.1 Å². The SMILES string of the molecule is Cc1cnc(C(=O)c2ccc3c(c2)OCCO3)cn1. The van der Waals surface area contributed by atoms with Gasteiger partial charge in [0.25, 0.3) is 0 Å². The summed E-state index contributed by atoms with van der Waals surface area (Å²) in [7, 11) is 0. The number of carbonyl (C=O) groups excluding carboxylic acids is 1. The van der Waals surface area contributed by atoms with Crippen LogP contribution in [0.2, 0.25) is 0 Å². The molecule has 0 atom stereocenters. The standard InChI is InChI=1S/C14H12N2O3/c1-9-7-16-11(8-15-9)14(17)10-2-3-12-13(6-10)19-5-4-18-12/h2-3,6-8H,4-5H2,1H3. The number of aryl methyl sites for hydroxylation is 1. The predicted octanol–water partition coefficient (Wildman–Crippen LogP) is 1.79. The number of aromatic nitrogens is 2. The first kappa shape index (κ1) is 11.6. The van der Waals surface area contributed by atoms with Crippen molar-refractivity contribution in [3.8, 4) is 11.5 Å². The largest absolute Gasteiger partial charge is 0.486 e. The van der Waals surface area contributed by atoms with Crippen LogP contribution in [-0.4, -0.2) is 29.0 Å². The summed E-state index contributed by atoms with van der Waals surface area (Å²) in [5.74, 6) is 1.08. The van der Waals surface area contributed by atoms with Gasteiger partial charge in [0.1, 0.15) is 18.9 Å². The lowest BCUT2D eigenvalue weighted by molar-refractivity contribution is 0.103. The minimum Gasteiger partial charge on any atom is -0.486 e. The van der Waals surface area contributed by atoms with E-state index in [4.69, 9.17) is 9.47 Å². The van der Waals surface area contributed by atoms with Crippen molar-refractivity contribution < 1.29 is 14.3 Å². The Bertz CT molecular complexity index is 623. The maximum atomic E-state index is 12.2. The monoisotopic (exact) mass is 256 g/mol. The average Bonchev–Trinajstić information content (AvgIpc) is 2.47. The molecule has 0 radical (unpaired) electrons. The molecule has 1 aliphatic heterocycles. The second kappa shape index (κ2) is 4.68. The van der Waals surface area contributed by atoms with E-state index >= 15 is 0 Å². The van der Waals surface area contributed by atoms with Crippen molar-refractivity contribution in [1.82, 2.24) is 9.97 Å². The maximum absolute atomic E-state index is 12.2. The fraction of sp³-hybridized carbons (Fsp3) is 0.214. The van der Waals surface area contributed by atoms with Gasteiger partial charge in [-0.3, -0.25) is 9.78 Å². The van der Waals surface area contributed by atoms with E-state index in [9.17, 15) is 4.79 Å². The number of hydrogen-bond acceptors (Lipinski definition) is 5. The number of ether oxygens (including phenoxy) is 2. The number of rotatable bonds is 2. The number of fused-ring (bicyclic) bond motifs is 1. The van der Waals surface area contributed by atoms with Gasteiger partial charge in [0.05, 0.1) is 11.9 Å². The highest BCUT2D eigenvalue weighted by atomic mass is 16.6. The molecule has 0 bridgehead atoms. The Morgan fingerprint density at radius 1 is 1.11 bits per heavy atom. The van der Waals surface area contributed by atoms with Gasteiger partial charge < -0.3 is 9.47 Å². The lowest BCUT2D eigenvalue weighted by Crippen LogP contribution is -2.16. The van der Waals surface area contributed by atoms with Crippen LogP contribution in [0.25, 0.3) is 0 Å². The molecular weight excluding hydrogens is 244 g/mol. The summed E-state index contributed by atoms with van der Waals surface area (Å²) >= 11 is 0. The van der Waals surface area contributed by atoms with Crippen LogP contribution in [0.4, 0.5) is 0 Å². The molecule has 1 aromatic heterocycles. The highest BCUT2D eigenvalue weighted by molar-refractivity contribution is 6.07. The van der Waals surface area contributed by atoms with Gasteiger partial charge in [-0.1, -0.05) is 0 Å². The Labute approximate surface area is 110 Å². The molecule has 0 saturated heterocycles. The van der Waals surface area contributed by atoms with Crippen LogP contribution >= 0.6 is 0 Å². The van der Waals surface area contributed by atoms with E-state index in [1.807, 2.05) is 6.92 Å². The Morgan fingerprint density at radius 2 is 1.89 bits per heavy atom. The third-order valence-corrected chi connectivity index (χ3v) is 2.82. The molecule has 19 heavy (non-hydrogen) atoms. The van der Waals surface area contributed by atoms with Gasteiger partial charge in [-0.15, -0.1) is 0 Å². The van der Waals surface area contributed by atoms with E-state index < -0.39 is 0 Å². The summed E-state index contributed by atoms with van der Waals surface area (Å²) in [6, 6.07) is 5.12. The Morgan fingerprint density at radius 3 is 2.63 bits per heavy atom. The van der Waals surface area contributed by atoms with Gasteiger partial charge in [0.2, 0.25) is 5.78 Å². The maximum Gasteiger partial charge on any atom is 0.213 e. The van der Waals surface area contributed by atoms with E-state index in [1.54, 1.807) is 24.4 Å². The molecule has 3 rings (SSSR count). The third-order valence-electron chi connectivity index (χ3n) is 2.82. The van der Waals surface area contributed by atoms with Gasteiger partial charge in [0, 0.05) is 11.8 Å². The van der Waals surface area contributed by atoms with Crippen LogP contribution in [0.3, 0.4) is 0 Å². The van der Waals surface area contributed by atoms with Crippen molar-refractivity contribution in [1.29, 1.82) is 0 Å². The van der Waals surface area contributed by atoms with Crippen LogP contribution in [0, 0.1) is 6.92 Å². The normalized spacial score (nSPS) is 13.1. The van der Waals surface area contributed by atoms with Crippen molar-refractivity contribution in [2.45, 2.75) is 6.92 Å². The fourth-order valence-corrected chi connectivity index (χ4v) is 1.84. The van der Waals surface area contributed by atoms with Gasteiger partial charge in [-0.25, -0.2) is 4.98 Å². The summed E-state index contributed by atoms with van der Waals surface area (Å²) in [5.41, 5.74) is 1.61. The van der Waals surface area contributed by atoms with Crippen molar-refractivity contribution in [2.24, 2.45) is 0 Å². The van der Waals surface area contributed by atoms with Crippen molar-refractivity contribution in [2.75, 3.05) is 13.2 Å². The second-order valence-corrected chi connectivity index (χ2v) is 4.23. The molecule has 0 unspecified atom stereocenters. The number of hydrogen-bond donors (Lipinski definition) is 0. The summed E-state index contributed by atoms with van der Waals surface area (Å²) in [5, 5.41) is 0. The molecule has 0 N–H and O–H groups in total. The molecule has 2 heterocycles. The number of ketones is 1. The zero-order chi connectivity index (χ0) is 13.2. The predicted molar refractivity (Wildman–Crippen MR) is 67.6 cm³/mol. The Hall–Kier alpha value is -2.43. The Balaban J connectivity index is 1.93. The Kier molecular flexibility index (Phi) is 2.87. The van der Waals surface area contributed by atoms with Gasteiger partial charge in [0.15, 0.2) is 11.5 Å². The van der Waals surface area contributed by atoms with Crippen LogP contribution in [0.5, 0.6) is 11.5 Å². The van der Waals surface area contributed by atoms with Crippen molar-refractivity contribution in [3.63, 3.8) is 0 Å². The first-order chi connectivity index (χ1) is 9.24.